The molecule has 198 valence electrons. The Kier molecular flexibility index (Phi) is 7.06. The quantitative estimate of drug-likeness (QED) is 0.479. The van der Waals surface area contributed by atoms with E-state index in [1.807, 2.05) is 39.0 Å². The number of ether oxygens (including phenoxy) is 1. The summed E-state index contributed by atoms with van der Waals surface area (Å²) in [4.78, 5) is 36.3. The van der Waals surface area contributed by atoms with Gasteiger partial charge in [0, 0.05) is 36.4 Å². The van der Waals surface area contributed by atoms with Crippen LogP contribution < -0.4 is 10.9 Å². The molecule has 1 saturated heterocycles. The summed E-state index contributed by atoms with van der Waals surface area (Å²) in [6, 6.07) is 11.9. The van der Waals surface area contributed by atoms with Gasteiger partial charge in [-0.15, -0.1) is 0 Å². The number of carbonyl (C=O) groups is 1. The van der Waals surface area contributed by atoms with Gasteiger partial charge >= 0.3 is 6.09 Å². The van der Waals surface area contributed by atoms with E-state index in [0.717, 1.165) is 44.2 Å². The second-order valence-corrected chi connectivity index (χ2v) is 11.2. The summed E-state index contributed by atoms with van der Waals surface area (Å²) in [5.41, 5.74) is 2.01. The average molecular weight is 515 g/mol. The van der Waals surface area contributed by atoms with Gasteiger partial charge in [-0.05, 0) is 76.1 Å². The second kappa shape index (κ2) is 10.4. The van der Waals surface area contributed by atoms with Crippen molar-refractivity contribution in [2.24, 2.45) is 0 Å². The first-order chi connectivity index (χ1) is 18.2. The van der Waals surface area contributed by atoms with Crippen molar-refractivity contribution in [3.05, 3.63) is 58.0 Å². The van der Waals surface area contributed by atoms with Crippen molar-refractivity contribution in [3.8, 4) is 6.07 Å². The van der Waals surface area contributed by atoms with E-state index in [0.29, 0.717) is 36.0 Å². The number of hydrogen-bond donors (Lipinski definition) is 1. The molecule has 5 rings (SSSR count). The number of amides is 1. The van der Waals surface area contributed by atoms with E-state index in [2.05, 4.69) is 22.4 Å². The average Bonchev–Trinajstić information content (AvgIpc) is 3.42. The summed E-state index contributed by atoms with van der Waals surface area (Å²) >= 11 is 0. The zero-order valence-electron chi connectivity index (χ0n) is 22.2. The number of fused-ring (bicyclic) bond motifs is 1. The molecule has 1 aliphatic carbocycles. The Labute approximate surface area is 222 Å². The lowest BCUT2D eigenvalue weighted by Gasteiger charge is -2.33. The first-order valence-electron chi connectivity index (χ1n) is 13.4. The lowest BCUT2D eigenvalue weighted by Crippen LogP contribution is -2.41. The first kappa shape index (κ1) is 25.7. The molecule has 0 spiro atoms. The summed E-state index contributed by atoms with van der Waals surface area (Å²) in [6.07, 6.45) is 7.17. The number of carbonyl (C=O) groups excluding carboxylic acids is 1. The topological polar surface area (TPSA) is 113 Å². The Bertz CT molecular complexity index is 1420. The van der Waals surface area contributed by atoms with Gasteiger partial charge in [0.1, 0.15) is 22.9 Å². The monoisotopic (exact) mass is 514 g/mol. The van der Waals surface area contributed by atoms with E-state index in [9.17, 15) is 14.9 Å². The lowest BCUT2D eigenvalue weighted by atomic mass is 9.89. The van der Waals surface area contributed by atoms with Crippen molar-refractivity contribution >= 4 is 28.8 Å². The minimum Gasteiger partial charge on any atom is -0.444 e. The molecule has 9 nitrogen and oxygen atoms in total. The highest BCUT2D eigenvalue weighted by atomic mass is 16.6. The highest BCUT2D eigenvalue weighted by Gasteiger charge is 2.27. The Morgan fingerprint density at radius 2 is 1.79 bits per heavy atom. The number of nitrogens with zero attached hydrogens (tertiary/aromatic N) is 5. The Hall–Kier alpha value is -3.93. The number of likely N-dealkylation sites (tertiary alicyclic amines) is 1. The van der Waals surface area contributed by atoms with Crippen molar-refractivity contribution in [2.75, 3.05) is 18.4 Å². The molecule has 1 aliphatic heterocycles. The van der Waals surface area contributed by atoms with E-state index in [4.69, 9.17) is 9.72 Å². The van der Waals surface area contributed by atoms with E-state index in [-0.39, 0.29) is 23.3 Å². The smallest absolute Gasteiger partial charge is 0.410 e. The standard InChI is InChI=1S/C29H34N6O3/c1-29(2,3)38-28(37)34-14-12-20(13-15-34)19-8-10-23(11-9-19)32-27-31-18-22-16-21(17-30)26(36)35(25(22)33-27)24-6-4-5-7-24/h8-11,16,18,20,24H,4-7,12-15H2,1-3H3,(H,31,32,33). The number of nitriles is 1. The van der Waals surface area contributed by atoms with Gasteiger partial charge in [-0.1, -0.05) is 25.0 Å². The van der Waals surface area contributed by atoms with Gasteiger partial charge in [0.2, 0.25) is 5.95 Å². The molecule has 0 bridgehead atoms. The van der Waals surface area contributed by atoms with Crippen molar-refractivity contribution in [1.82, 2.24) is 19.4 Å². The Morgan fingerprint density at radius 3 is 2.42 bits per heavy atom. The maximum Gasteiger partial charge on any atom is 0.410 e. The summed E-state index contributed by atoms with van der Waals surface area (Å²) < 4.78 is 7.20. The fourth-order valence-corrected chi connectivity index (χ4v) is 5.45. The van der Waals surface area contributed by atoms with E-state index in [1.165, 1.54) is 5.56 Å². The van der Waals surface area contributed by atoms with Crippen LogP contribution in [0.1, 0.15) is 82.4 Å². The summed E-state index contributed by atoms with van der Waals surface area (Å²) in [6.45, 7) is 7.01. The van der Waals surface area contributed by atoms with Gasteiger partial charge in [-0.2, -0.15) is 10.2 Å². The molecule has 3 heterocycles. The van der Waals surface area contributed by atoms with Gasteiger partial charge in [0.25, 0.3) is 5.56 Å². The fraction of sp³-hybridized carbons (Fsp3) is 0.483. The van der Waals surface area contributed by atoms with Crippen LogP contribution >= 0.6 is 0 Å². The second-order valence-electron chi connectivity index (χ2n) is 11.2. The van der Waals surface area contributed by atoms with Crippen LogP contribution in [-0.2, 0) is 4.74 Å². The molecule has 2 aliphatic rings. The molecular formula is C29H34N6O3. The molecule has 3 aromatic rings. The SMILES string of the molecule is CC(C)(C)OC(=O)N1CCC(c2ccc(Nc3ncc4cc(C#N)c(=O)n(C5CCCC5)c4n3)cc2)CC1. The number of piperidine rings is 1. The Balaban J connectivity index is 1.29. The largest absolute Gasteiger partial charge is 0.444 e. The molecule has 9 heteroatoms. The highest BCUT2D eigenvalue weighted by Crippen LogP contribution is 2.32. The number of anilines is 2. The molecule has 0 unspecified atom stereocenters. The van der Waals surface area contributed by atoms with Gasteiger partial charge in [-0.3, -0.25) is 9.36 Å². The number of rotatable bonds is 4. The third-order valence-corrected chi connectivity index (χ3v) is 7.37. The predicted octanol–water partition coefficient (Wildman–Crippen LogP) is 5.64. The molecule has 1 N–H and O–H groups in total. The molecule has 0 atom stereocenters. The van der Waals surface area contributed by atoms with E-state index >= 15 is 0 Å². The first-order valence-corrected chi connectivity index (χ1v) is 13.4. The third-order valence-electron chi connectivity index (χ3n) is 7.37. The lowest BCUT2D eigenvalue weighted by molar-refractivity contribution is 0.0205. The van der Waals surface area contributed by atoms with Gasteiger partial charge in [0.15, 0.2) is 0 Å². The van der Waals surface area contributed by atoms with Crippen LogP contribution in [0.2, 0.25) is 0 Å². The number of nitrogens with one attached hydrogen (secondary N) is 1. The minimum absolute atomic E-state index is 0.0575. The van der Waals surface area contributed by atoms with E-state index < -0.39 is 5.60 Å². The molecule has 1 amide bonds. The molecule has 2 aromatic heterocycles. The molecule has 1 saturated carbocycles. The van der Waals surface area contributed by atoms with Crippen molar-refractivity contribution in [2.45, 2.75) is 76.9 Å². The molecular weight excluding hydrogens is 480 g/mol. The minimum atomic E-state index is -0.487. The van der Waals surface area contributed by atoms with Crippen LogP contribution in [0.25, 0.3) is 11.0 Å². The van der Waals surface area contributed by atoms with Crippen LogP contribution in [-0.4, -0.2) is 44.2 Å². The van der Waals surface area contributed by atoms with Crippen molar-refractivity contribution < 1.29 is 9.53 Å². The number of hydrogen-bond acceptors (Lipinski definition) is 7. The van der Waals surface area contributed by atoms with Crippen LogP contribution in [0.5, 0.6) is 0 Å². The third kappa shape index (κ3) is 5.49. The highest BCUT2D eigenvalue weighted by molar-refractivity contribution is 5.77. The number of pyridine rings is 1. The van der Waals surface area contributed by atoms with E-state index in [1.54, 1.807) is 21.7 Å². The molecule has 0 radical (unpaired) electrons. The molecule has 38 heavy (non-hydrogen) atoms. The van der Waals surface area contributed by atoms with Gasteiger partial charge < -0.3 is 15.0 Å². The van der Waals surface area contributed by atoms with Crippen molar-refractivity contribution in [1.29, 1.82) is 5.26 Å². The number of aromatic nitrogens is 3. The van der Waals surface area contributed by atoms with Crippen LogP contribution in [0.3, 0.4) is 0 Å². The van der Waals surface area contributed by atoms with Crippen LogP contribution in [0.15, 0.2) is 41.3 Å². The normalized spacial score (nSPS) is 16.9. The zero-order chi connectivity index (χ0) is 26.9. The molecule has 1 aromatic carbocycles. The summed E-state index contributed by atoms with van der Waals surface area (Å²) in [7, 11) is 0. The Morgan fingerprint density at radius 1 is 1.11 bits per heavy atom. The maximum atomic E-state index is 13.0. The fourth-order valence-electron chi connectivity index (χ4n) is 5.45. The number of benzene rings is 1. The van der Waals surface area contributed by atoms with Crippen molar-refractivity contribution in [3.63, 3.8) is 0 Å². The van der Waals surface area contributed by atoms with Gasteiger partial charge in [0.05, 0.1) is 0 Å². The predicted molar refractivity (Wildman–Crippen MR) is 146 cm³/mol. The summed E-state index contributed by atoms with van der Waals surface area (Å²) in [5.74, 6) is 0.793. The van der Waals surface area contributed by atoms with Crippen LogP contribution in [0.4, 0.5) is 16.4 Å². The molecule has 2 fully saturated rings. The van der Waals surface area contributed by atoms with Gasteiger partial charge in [-0.25, -0.2) is 9.78 Å². The van der Waals surface area contributed by atoms with Crippen LogP contribution in [0, 0.1) is 11.3 Å². The zero-order valence-corrected chi connectivity index (χ0v) is 22.2. The summed E-state index contributed by atoms with van der Waals surface area (Å²) in [5, 5.41) is 13.4. The maximum absolute atomic E-state index is 13.0.